The van der Waals surface area contributed by atoms with E-state index in [4.69, 9.17) is 9.47 Å². The maximum Gasteiger partial charge on any atom is 0.311 e. The van der Waals surface area contributed by atoms with Gasteiger partial charge in [0.05, 0.1) is 20.1 Å². The molecule has 0 aliphatic heterocycles. The number of benzene rings is 1. The first-order chi connectivity index (χ1) is 11.7. The minimum atomic E-state index is -0.292. The van der Waals surface area contributed by atoms with Gasteiger partial charge in [0.2, 0.25) is 0 Å². The number of aromatic nitrogens is 2. The maximum absolute atomic E-state index is 11.6. The molecule has 0 saturated carbocycles. The van der Waals surface area contributed by atoms with Gasteiger partial charge < -0.3 is 9.47 Å². The summed E-state index contributed by atoms with van der Waals surface area (Å²) in [5.41, 5.74) is 1.75. The summed E-state index contributed by atoms with van der Waals surface area (Å²) in [7, 11) is 1.58. The Kier molecular flexibility index (Phi) is 4.61. The molecule has 0 amide bonds. The molecule has 3 aromatic rings. The van der Waals surface area contributed by atoms with Crippen LogP contribution in [-0.4, -0.2) is 35.4 Å². The molecule has 124 valence electrons. The van der Waals surface area contributed by atoms with Gasteiger partial charge in [-0.1, -0.05) is 12.1 Å². The number of carbonyl (C=O) groups excluding carboxylic acids is 2. The van der Waals surface area contributed by atoms with Crippen molar-refractivity contribution in [1.29, 1.82) is 0 Å². The second-order valence-corrected chi connectivity index (χ2v) is 6.09. The normalized spacial score (nSPS) is 10.8. The van der Waals surface area contributed by atoms with Crippen LogP contribution in [0.4, 0.5) is 0 Å². The van der Waals surface area contributed by atoms with Crippen LogP contribution in [0, 0.1) is 0 Å². The van der Waals surface area contributed by atoms with Gasteiger partial charge in [-0.05, 0) is 19.1 Å². The topological polar surface area (TPSA) is 69.9 Å². The van der Waals surface area contributed by atoms with Crippen LogP contribution in [-0.2, 0) is 16.0 Å². The molecular weight excluding hydrogens is 328 g/mol. The van der Waals surface area contributed by atoms with Crippen LogP contribution in [0.2, 0.25) is 0 Å². The fourth-order valence-electron chi connectivity index (χ4n) is 2.50. The lowest BCUT2D eigenvalue weighted by atomic mass is 10.1. The van der Waals surface area contributed by atoms with Crippen molar-refractivity contribution in [3.63, 3.8) is 0 Å². The molecule has 0 aliphatic carbocycles. The highest BCUT2D eigenvalue weighted by molar-refractivity contribution is 7.17. The van der Waals surface area contributed by atoms with Crippen molar-refractivity contribution in [2.24, 2.45) is 0 Å². The van der Waals surface area contributed by atoms with Crippen LogP contribution in [0.3, 0.4) is 0 Å². The average Bonchev–Trinajstić information content (AvgIpc) is 3.11. The number of methoxy groups -OCH3 is 1. The van der Waals surface area contributed by atoms with Gasteiger partial charge in [0.15, 0.2) is 11.2 Å². The zero-order valence-corrected chi connectivity index (χ0v) is 14.1. The number of thiazole rings is 1. The third-order valence-electron chi connectivity index (χ3n) is 3.51. The third-order valence-corrected chi connectivity index (χ3v) is 4.49. The second-order valence-electron chi connectivity index (χ2n) is 5.00. The van der Waals surface area contributed by atoms with Gasteiger partial charge >= 0.3 is 5.97 Å². The molecule has 24 heavy (non-hydrogen) atoms. The molecule has 0 atom stereocenters. The number of rotatable bonds is 6. The van der Waals surface area contributed by atoms with Gasteiger partial charge in [-0.25, -0.2) is 4.98 Å². The zero-order chi connectivity index (χ0) is 17.1. The molecule has 6 nitrogen and oxygen atoms in total. The van der Waals surface area contributed by atoms with E-state index in [1.165, 1.54) is 11.3 Å². The summed E-state index contributed by atoms with van der Waals surface area (Å²) in [6.45, 7) is 2.11. The monoisotopic (exact) mass is 344 g/mol. The molecule has 0 radical (unpaired) electrons. The van der Waals surface area contributed by atoms with Crippen LogP contribution in [0.1, 0.15) is 22.3 Å². The van der Waals surface area contributed by atoms with E-state index in [9.17, 15) is 9.59 Å². The Morgan fingerprint density at radius 1 is 1.38 bits per heavy atom. The molecule has 1 aromatic carbocycles. The van der Waals surface area contributed by atoms with Crippen molar-refractivity contribution in [3.05, 3.63) is 41.0 Å². The molecule has 0 saturated heterocycles. The van der Waals surface area contributed by atoms with Crippen LogP contribution in [0.15, 0.2) is 30.5 Å². The van der Waals surface area contributed by atoms with Gasteiger partial charge in [0.1, 0.15) is 17.1 Å². The predicted octanol–water partition coefficient (Wildman–Crippen LogP) is 2.99. The lowest BCUT2D eigenvalue weighted by Gasteiger charge is -2.06. The van der Waals surface area contributed by atoms with E-state index in [1.54, 1.807) is 24.6 Å². The summed E-state index contributed by atoms with van der Waals surface area (Å²) >= 11 is 1.36. The van der Waals surface area contributed by atoms with Crippen molar-refractivity contribution < 1.29 is 19.1 Å². The highest BCUT2D eigenvalue weighted by atomic mass is 32.1. The Morgan fingerprint density at radius 3 is 2.88 bits per heavy atom. The third kappa shape index (κ3) is 2.90. The van der Waals surface area contributed by atoms with Crippen LogP contribution in [0.25, 0.3) is 16.2 Å². The summed E-state index contributed by atoms with van der Waals surface area (Å²) in [4.78, 5) is 29.2. The number of hydrogen-bond donors (Lipinski definition) is 0. The largest absolute Gasteiger partial charge is 0.496 e. The number of nitrogens with zero attached hydrogens (tertiary/aromatic N) is 2. The first kappa shape index (κ1) is 16.2. The highest BCUT2D eigenvalue weighted by Crippen LogP contribution is 2.33. The van der Waals surface area contributed by atoms with E-state index in [0.29, 0.717) is 28.7 Å². The van der Waals surface area contributed by atoms with Gasteiger partial charge in [-0.2, -0.15) is 0 Å². The Hall–Kier alpha value is -2.67. The number of para-hydroxylation sites is 1. The number of hydrogen-bond acceptors (Lipinski definition) is 6. The fourth-order valence-corrected chi connectivity index (χ4v) is 3.46. The lowest BCUT2D eigenvalue weighted by Crippen LogP contribution is -2.06. The van der Waals surface area contributed by atoms with Gasteiger partial charge in [-0.15, -0.1) is 11.3 Å². The molecule has 0 spiro atoms. The van der Waals surface area contributed by atoms with Crippen molar-refractivity contribution in [1.82, 2.24) is 9.38 Å². The van der Waals surface area contributed by atoms with Crippen LogP contribution < -0.4 is 4.74 Å². The standard InChI is InChI=1S/C17H16N2O4S/c1-3-23-15(21)8-11-9-19-13(10-20)16(18-17(19)24-11)12-6-4-5-7-14(12)22-2/h4-7,9-10H,3,8H2,1-2H3. The number of imidazole rings is 1. The molecule has 2 aromatic heterocycles. The summed E-state index contributed by atoms with van der Waals surface area (Å²) < 4.78 is 12.0. The van der Waals surface area contributed by atoms with Crippen LogP contribution in [0.5, 0.6) is 5.75 Å². The van der Waals surface area contributed by atoms with Crippen molar-refractivity contribution in [3.8, 4) is 17.0 Å². The summed E-state index contributed by atoms with van der Waals surface area (Å²) in [6.07, 6.45) is 2.69. The fraction of sp³-hybridized carbons (Fsp3) is 0.235. The average molecular weight is 344 g/mol. The minimum Gasteiger partial charge on any atom is -0.496 e. The molecule has 0 unspecified atom stereocenters. The maximum atomic E-state index is 11.6. The zero-order valence-electron chi connectivity index (χ0n) is 13.3. The first-order valence-electron chi connectivity index (χ1n) is 7.42. The van der Waals surface area contributed by atoms with E-state index in [0.717, 1.165) is 16.7 Å². The number of fused-ring (bicyclic) bond motifs is 1. The van der Waals surface area contributed by atoms with Gasteiger partial charge in [-0.3, -0.25) is 14.0 Å². The van der Waals surface area contributed by atoms with Gasteiger partial charge in [0.25, 0.3) is 0 Å². The van der Waals surface area contributed by atoms with E-state index in [1.807, 2.05) is 24.3 Å². The smallest absolute Gasteiger partial charge is 0.311 e. The number of carbonyl (C=O) groups is 2. The van der Waals surface area contributed by atoms with Crippen molar-refractivity contribution in [2.75, 3.05) is 13.7 Å². The summed E-state index contributed by atoms with van der Waals surface area (Å²) in [5.74, 6) is 0.359. The summed E-state index contributed by atoms with van der Waals surface area (Å²) in [5, 5.41) is 0. The lowest BCUT2D eigenvalue weighted by molar-refractivity contribution is -0.142. The first-order valence-corrected chi connectivity index (χ1v) is 8.24. The van der Waals surface area contributed by atoms with Gasteiger partial charge in [0, 0.05) is 16.6 Å². The molecule has 0 bridgehead atoms. The Labute approximate surface area is 142 Å². The molecule has 0 N–H and O–H groups in total. The van der Waals surface area contributed by atoms with E-state index >= 15 is 0 Å². The Balaban J connectivity index is 2.04. The molecule has 0 aliphatic rings. The molecule has 7 heteroatoms. The van der Waals surface area contributed by atoms with E-state index < -0.39 is 0 Å². The second kappa shape index (κ2) is 6.84. The number of esters is 1. The van der Waals surface area contributed by atoms with Crippen LogP contribution >= 0.6 is 11.3 Å². The molecule has 2 heterocycles. The highest BCUT2D eigenvalue weighted by Gasteiger charge is 2.19. The quantitative estimate of drug-likeness (QED) is 0.508. The minimum absolute atomic E-state index is 0.171. The number of aldehydes is 1. The predicted molar refractivity (Wildman–Crippen MR) is 90.8 cm³/mol. The Bertz CT molecular complexity index is 897. The molecular formula is C17H16N2O4S. The van der Waals surface area contributed by atoms with Crippen molar-refractivity contribution >= 4 is 28.6 Å². The SMILES string of the molecule is CCOC(=O)Cc1cn2c(C=O)c(-c3ccccc3OC)nc2s1. The molecule has 0 fully saturated rings. The molecule has 3 rings (SSSR count). The summed E-state index contributed by atoms with van der Waals surface area (Å²) in [6, 6.07) is 7.41. The number of ether oxygens (including phenoxy) is 2. The Morgan fingerprint density at radius 2 is 2.17 bits per heavy atom. The van der Waals surface area contributed by atoms with Crippen molar-refractivity contribution in [2.45, 2.75) is 13.3 Å². The van der Waals surface area contributed by atoms with E-state index in [2.05, 4.69) is 4.98 Å². The van der Waals surface area contributed by atoms with E-state index in [-0.39, 0.29) is 12.4 Å².